The second-order valence-corrected chi connectivity index (χ2v) is 9.06. The van der Waals surface area contributed by atoms with Gasteiger partial charge in [0.15, 0.2) is 0 Å². The topological polar surface area (TPSA) is 108 Å². The first-order chi connectivity index (χ1) is 15.8. The lowest BCUT2D eigenvalue weighted by molar-refractivity contribution is 0.0733. The fourth-order valence-electron chi connectivity index (χ4n) is 3.35. The minimum atomic E-state index is -3.88. The van der Waals surface area contributed by atoms with Gasteiger partial charge in [-0.15, -0.1) is 0 Å². The van der Waals surface area contributed by atoms with Crippen LogP contribution in [-0.2, 0) is 14.9 Å². The third kappa shape index (κ3) is 5.48. The highest BCUT2D eigenvalue weighted by molar-refractivity contribution is 7.90. The molecule has 3 aromatic rings. The Bertz CT molecular complexity index is 1240. The van der Waals surface area contributed by atoms with Crippen LogP contribution < -0.4 is 10.0 Å². The molecule has 4 rings (SSSR count). The molecule has 3 N–H and O–H groups in total. The first-order valence-corrected chi connectivity index (χ1v) is 11.6. The van der Waals surface area contributed by atoms with Crippen molar-refractivity contribution in [1.82, 2.24) is 4.31 Å². The van der Waals surface area contributed by atoms with Crippen LogP contribution in [0.25, 0.3) is 11.1 Å². The molecule has 172 valence electrons. The molecule has 0 atom stereocenters. The number of amides is 1. The van der Waals surface area contributed by atoms with Crippen LogP contribution in [0.1, 0.15) is 10.4 Å². The molecule has 0 radical (unpaired) electrons. The van der Waals surface area contributed by atoms with Crippen LogP contribution in [0.3, 0.4) is 0 Å². The Morgan fingerprint density at radius 3 is 2.18 bits per heavy atom. The van der Waals surface area contributed by atoms with Crippen molar-refractivity contribution in [2.24, 2.45) is 0 Å². The molecular weight excluding hydrogens is 449 g/mol. The highest BCUT2D eigenvalue weighted by Gasteiger charge is 2.25. The third-order valence-corrected chi connectivity index (χ3v) is 6.65. The van der Waals surface area contributed by atoms with Gasteiger partial charge in [0.2, 0.25) is 0 Å². The van der Waals surface area contributed by atoms with Crippen LogP contribution in [-0.4, -0.2) is 50.0 Å². The van der Waals surface area contributed by atoms with E-state index >= 15 is 0 Å². The number of phenolic OH excluding ortho intramolecular Hbond substituents is 1. The van der Waals surface area contributed by atoms with E-state index in [1.165, 1.54) is 34.6 Å². The molecule has 0 aliphatic carbocycles. The van der Waals surface area contributed by atoms with E-state index in [1.807, 2.05) is 0 Å². The Balaban J connectivity index is 1.46. The molecule has 0 spiro atoms. The van der Waals surface area contributed by atoms with E-state index in [4.69, 9.17) is 4.74 Å². The number of rotatable bonds is 6. The molecule has 1 aliphatic heterocycles. The zero-order chi connectivity index (χ0) is 23.4. The van der Waals surface area contributed by atoms with Gasteiger partial charge >= 0.3 is 10.2 Å². The number of nitrogens with one attached hydrogen (secondary N) is 2. The minimum absolute atomic E-state index is 0.0500. The lowest BCUT2D eigenvalue weighted by atomic mass is 10.0. The maximum Gasteiger partial charge on any atom is 0.301 e. The second-order valence-electron chi connectivity index (χ2n) is 7.39. The normalized spacial score (nSPS) is 14.6. The van der Waals surface area contributed by atoms with E-state index in [0.29, 0.717) is 24.5 Å². The Morgan fingerprint density at radius 2 is 1.55 bits per heavy atom. The number of nitrogens with zero attached hydrogens (tertiary/aromatic N) is 1. The summed E-state index contributed by atoms with van der Waals surface area (Å²) >= 11 is 0. The molecular formula is C23H22FN3O5S. The number of hydrogen-bond donors (Lipinski definition) is 3. The number of hydrogen-bond acceptors (Lipinski definition) is 5. The predicted octanol–water partition coefficient (Wildman–Crippen LogP) is 3.44. The van der Waals surface area contributed by atoms with Crippen LogP contribution >= 0.6 is 0 Å². The Morgan fingerprint density at radius 1 is 0.939 bits per heavy atom. The van der Waals surface area contributed by atoms with Gasteiger partial charge in [0, 0.05) is 24.3 Å². The quantitative estimate of drug-likeness (QED) is 0.377. The summed E-state index contributed by atoms with van der Waals surface area (Å²) in [6, 6.07) is 16.9. The Labute approximate surface area is 190 Å². The van der Waals surface area contributed by atoms with Crippen LogP contribution in [0.2, 0.25) is 0 Å². The zero-order valence-corrected chi connectivity index (χ0v) is 18.3. The number of phenols is 1. The highest BCUT2D eigenvalue weighted by atomic mass is 32.2. The number of anilines is 2. The maximum atomic E-state index is 13.1. The lowest BCUT2D eigenvalue weighted by Crippen LogP contribution is -2.43. The molecule has 8 nitrogen and oxygen atoms in total. The lowest BCUT2D eigenvalue weighted by Gasteiger charge is -2.26. The average Bonchev–Trinajstić information content (AvgIpc) is 2.82. The summed E-state index contributed by atoms with van der Waals surface area (Å²) < 4.78 is 47.0. The smallest absolute Gasteiger partial charge is 0.301 e. The Hall–Kier alpha value is -3.47. The predicted molar refractivity (Wildman–Crippen MR) is 123 cm³/mol. The molecule has 3 aromatic carbocycles. The average molecular weight is 472 g/mol. The molecule has 1 fully saturated rings. The van der Waals surface area contributed by atoms with Gasteiger partial charge in [-0.05, 0) is 53.6 Å². The number of carbonyl (C=O) groups is 1. The SMILES string of the molecule is O=C(Nc1ccc(O)c(NS(=O)(=O)N2CCOCC2)c1)c1ccc(-c2ccc(F)cc2)cc1. The summed E-state index contributed by atoms with van der Waals surface area (Å²) in [5, 5.41) is 12.8. The summed E-state index contributed by atoms with van der Waals surface area (Å²) in [5.41, 5.74) is 2.28. The number of halogens is 1. The summed E-state index contributed by atoms with van der Waals surface area (Å²) in [5.74, 6) is -1.00. The molecule has 1 amide bonds. The zero-order valence-electron chi connectivity index (χ0n) is 17.5. The monoisotopic (exact) mass is 471 g/mol. The first kappa shape index (κ1) is 22.7. The fraction of sp³-hybridized carbons (Fsp3) is 0.174. The van der Waals surface area contributed by atoms with E-state index in [2.05, 4.69) is 10.0 Å². The van der Waals surface area contributed by atoms with E-state index in [9.17, 15) is 22.7 Å². The summed E-state index contributed by atoms with van der Waals surface area (Å²) in [4.78, 5) is 12.7. The summed E-state index contributed by atoms with van der Waals surface area (Å²) in [6.45, 7) is 1.01. The Kier molecular flexibility index (Phi) is 6.59. The van der Waals surface area contributed by atoms with Crippen LogP contribution in [0.4, 0.5) is 15.8 Å². The van der Waals surface area contributed by atoms with Gasteiger partial charge in [-0.1, -0.05) is 24.3 Å². The van der Waals surface area contributed by atoms with E-state index in [0.717, 1.165) is 11.1 Å². The van der Waals surface area contributed by atoms with E-state index < -0.39 is 16.1 Å². The first-order valence-electron chi connectivity index (χ1n) is 10.2. The van der Waals surface area contributed by atoms with Gasteiger partial charge in [-0.25, -0.2) is 4.39 Å². The molecule has 1 saturated heterocycles. The molecule has 0 bridgehead atoms. The van der Waals surface area contributed by atoms with E-state index in [-0.39, 0.29) is 30.3 Å². The van der Waals surface area contributed by atoms with Gasteiger partial charge in [0.05, 0.1) is 18.9 Å². The van der Waals surface area contributed by atoms with Crippen molar-refractivity contribution in [2.45, 2.75) is 0 Å². The second kappa shape index (κ2) is 9.57. The van der Waals surface area contributed by atoms with Crippen molar-refractivity contribution in [1.29, 1.82) is 0 Å². The standard InChI is InChI=1S/C23H22FN3O5S/c24-19-7-5-17(6-8-19)16-1-3-18(4-2-16)23(29)25-20-9-10-22(28)21(15-20)26-33(30,31)27-11-13-32-14-12-27/h1-10,15,26,28H,11-14H2,(H,25,29). The summed E-state index contributed by atoms with van der Waals surface area (Å²) in [6.07, 6.45) is 0. The summed E-state index contributed by atoms with van der Waals surface area (Å²) in [7, 11) is -3.88. The van der Waals surface area contributed by atoms with E-state index in [1.54, 1.807) is 36.4 Å². The van der Waals surface area contributed by atoms with Crippen LogP contribution in [0, 0.1) is 5.82 Å². The van der Waals surface area contributed by atoms with Gasteiger partial charge in [0.25, 0.3) is 5.91 Å². The van der Waals surface area contributed by atoms with Crippen LogP contribution in [0.15, 0.2) is 66.7 Å². The molecule has 0 unspecified atom stereocenters. The van der Waals surface area contributed by atoms with Gasteiger partial charge in [-0.2, -0.15) is 12.7 Å². The van der Waals surface area contributed by atoms with Crippen molar-refractivity contribution in [3.63, 3.8) is 0 Å². The largest absolute Gasteiger partial charge is 0.506 e. The number of carbonyl (C=O) groups excluding carboxylic acids is 1. The number of morpholine rings is 1. The van der Waals surface area contributed by atoms with Crippen molar-refractivity contribution in [2.75, 3.05) is 36.3 Å². The third-order valence-electron chi connectivity index (χ3n) is 5.13. The molecule has 1 heterocycles. The highest BCUT2D eigenvalue weighted by Crippen LogP contribution is 2.29. The van der Waals surface area contributed by atoms with Crippen molar-refractivity contribution >= 4 is 27.5 Å². The molecule has 33 heavy (non-hydrogen) atoms. The van der Waals surface area contributed by atoms with Crippen LogP contribution in [0.5, 0.6) is 5.75 Å². The van der Waals surface area contributed by atoms with Gasteiger partial charge in [-0.3, -0.25) is 9.52 Å². The molecule has 10 heteroatoms. The number of aromatic hydroxyl groups is 1. The number of benzene rings is 3. The minimum Gasteiger partial charge on any atom is -0.506 e. The van der Waals surface area contributed by atoms with Crippen molar-refractivity contribution in [3.8, 4) is 16.9 Å². The molecule has 0 aromatic heterocycles. The van der Waals surface area contributed by atoms with Gasteiger partial charge in [0.1, 0.15) is 11.6 Å². The number of ether oxygens (including phenoxy) is 1. The van der Waals surface area contributed by atoms with Crippen molar-refractivity contribution in [3.05, 3.63) is 78.1 Å². The fourth-order valence-corrected chi connectivity index (χ4v) is 4.55. The van der Waals surface area contributed by atoms with Gasteiger partial charge < -0.3 is 15.2 Å². The molecule has 1 aliphatic rings. The van der Waals surface area contributed by atoms with Crippen molar-refractivity contribution < 1.29 is 27.4 Å². The maximum absolute atomic E-state index is 13.1. The molecule has 0 saturated carbocycles.